The zero-order valence-corrected chi connectivity index (χ0v) is 14.4. The van der Waals surface area contributed by atoms with Crippen molar-refractivity contribution < 1.29 is 18.0 Å². The Hall–Kier alpha value is -2.45. The van der Waals surface area contributed by atoms with E-state index in [0.29, 0.717) is 25.2 Å². The van der Waals surface area contributed by atoms with Crippen molar-refractivity contribution in [3.63, 3.8) is 0 Å². The highest BCUT2D eigenvalue weighted by atomic mass is 19.4. The van der Waals surface area contributed by atoms with E-state index >= 15 is 0 Å². The molecule has 1 aromatic heterocycles. The number of amides is 1. The number of hydrogen-bond donors (Lipinski definition) is 0. The summed E-state index contributed by atoms with van der Waals surface area (Å²) in [5.41, 5.74) is 2.17. The van der Waals surface area contributed by atoms with Gasteiger partial charge in [-0.05, 0) is 30.5 Å². The zero-order chi connectivity index (χ0) is 18.7. The molecular weight excluding hydrogens is 347 g/mol. The maximum Gasteiger partial charge on any atom is 0.393 e. The van der Waals surface area contributed by atoms with E-state index in [4.69, 9.17) is 0 Å². The van der Waals surface area contributed by atoms with Crippen LogP contribution in [0.2, 0.25) is 0 Å². The number of aromatic nitrogens is 4. The number of carbonyl (C=O) groups is 1. The van der Waals surface area contributed by atoms with Crippen LogP contribution >= 0.6 is 0 Å². The number of nitrogens with zero attached hydrogens (tertiary/aromatic N) is 5. The van der Waals surface area contributed by atoms with E-state index in [-0.39, 0.29) is 19.5 Å². The van der Waals surface area contributed by atoms with Crippen LogP contribution in [0.15, 0.2) is 24.3 Å². The first-order chi connectivity index (χ1) is 12.3. The number of hydrogen-bond acceptors (Lipinski definition) is 4. The van der Waals surface area contributed by atoms with E-state index < -0.39 is 18.0 Å². The van der Waals surface area contributed by atoms with Crippen molar-refractivity contribution in [2.75, 3.05) is 13.1 Å². The number of halogens is 3. The van der Waals surface area contributed by atoms with Crippen molar-refractivity contribution in [1.82, 2.24) is 25.1 Å². The maximum absolute atomic E-state index is 12.9. The molecule has 0 radical (unpaired) electrons. The molecule has 0 spiro atoms. The minimum Gasteiger partial charge on any atom is -0.340 e. The Morgan fingerprint density at radius 1 is 1.27 bits per heavy atom. The molecule has 1 aliphatic rings. The summed E-state index contributed by atoms with van der Waals surface area (Å²) < 4.78 is 38.6. The number of alkyl halides is 3. The lowest BCUT2D eigenvalue weighted by atomic mass is 9.97. The molecule has 1 saturated heterocycles. The SMILES string of the molecule is Cc1ccc(Cc2nnn(CC(=O)N3CCCC(C(F)(F)F)C3)n2)cc1. The average Bonchev–Trinajstić information content (AvgIpc) is 3.03. The Bertz CT molecular complexity index is 757. The van der Waals surface area contributed by atoms with Gasteiger partial charge in [0, 0.05) is 19.5 Å². The largest absolute Gasteiger partial charge is 0.393 e. The predicted octanol–water partition coefficient (Wildman–Crippen LogP) is 2.37. The van der Waals surface area contributed by atoms with Crippen LogP contribution in [0.5, 0.6) is 0 Å². The molecule has 2 heterocycles. The molecule has 3 rings (SSSR count). The molecule has 1 aliphatic heterocycles. The second-order valence-electron chi connectivity index (χ2n) is 6.62. The lowest BCUT2D eigenvalue weighted by molar-refractivity contribution is -0.188. The highest BCUT2D eigenvalue weighted by Gasteiger charge is 2.42. The predicted molar refractivity (Wildman–Crippen MR) is 87.2 cm³/mol. The monoisotopic (exact) mass is 367 g/mol. The van der Waals surface area contributed by atoms with E-state index in [0.717, 1.165) is 15.9 Å². The van der Waals surface area contributed by atoms with Gasteiger partial charge in [0.15, 0.2) is 5.82 Å². The molecule has 1 fully saturated rings. The van der Waals surface area contributed by atoms with Crippen LogP contribution in [0.3, 0.4) is 0 Å². The van der Waals surface area contributed by atoms with Gasteiger partial charge in [-0.2, -0.15) is 18.0 Å². The molecule has 1 amide bonds. The third-order valence-corrected chi connectivity index (χ3v) is 4.49. The second kappa shape index (κ2) is 7.43. The van der Waals surface area contributed by atoms with Gasteiger partial charge in [0.25, 0.3) is 0 Å². The second-order valence-corrected chi connectivity index (χ2v) is 6.62. The number of benzene rings is 1. The Morgan fingerprint density at radius 2 is 2.00 bits per heavy atom. The Labute approximate surface area is 149 Å². The number of tetrazole rings is 1. The number of aryl methyl sites for hydroxylation is 1. The van der Waals surface area contributed by atoms with Crippen molar-refractivity contribution in [2.45, 2.75) is 38.9 Å². The summed E-state index contributed by atoms with van der Waals surface area (Å²) in [5.74, 6) is -1.41. The minimum absolute atomic E-state index is 0.0650. The smallest absolute Gasteiger partial charge is 0.340 e. The molecule has 2 aromatic rings. The fourth-order valence-corrected chi connectivity index (χ4v) is 2.99. The van der Waals surface area contributed by atoms with Crippen molar-refractivity contribution in [3.8, 4) is 0 Å². The van der Waals surface area contributed by atoms with Gasteiger partial charge < -0.3 is 4.90 Å². The average molecular weight is 367 g/mol. The van der Waals surface area contributed by atoms with Crippen LogP contribution in [-0.2, 0) is 17.8 Å². The first-order valence-electron chi connectivity index (χ1n) is 8.48. The van der Waals surface area contributed by atoms with Crippen molar-refractivity contribution in [3.05, 3.63) is 41.2 Å². The number of likely N-dealkylation sites (tertiary alicyclic amines) is 1. The molecule has 0 N–H and O–H groups in total. The molecule has 1 atom stereocenters. The van der Waals surface area contributed by atoms with E-state index in [2.05, 4.69) is 15.4 Å². The summed E-state index contributed by atoms with van der Waals surface area (Å²) in [6.45, 7) is 1.82. The number of carbonyl (C=O) groups excluding carboxylic acids is 1. The first-order valence-corrected chi connectivity index (χ1v) is 8.48. The fraction of sp³-hybridized carbons (Fsp3) is 0.529. The molecule has 0 aliphatic carbocycles. The van der Waals surface area contributed by atoms with Gasteiger partial charge in [0.2, 0.25) is 5.91 Å². The molecule has 1 unspecified atom stereocenters. The van der Waals surface area contributed by atoms with Gasteiger partial charge in [-0.3, -0.25) is 4.79 Å². The topological polar surface area (TPSA) is 63.9 Å². The van der Waals surface area contributed by atoms with Crippen molar-refractivity contribution in [2.24, 2.45) is 5.92 Å². The number of piperidine rings is 1. The van der Waals surface area contributed by atoms with Gasteiger partial charge in [-0.25, -0.2) is 0 Å². The van der Waals surface area contributed by atoms with Gasteiger partial charge in [0.05, 0.1) is 5.92 Å². The Morgan fingerprint density at radius 3 is 2.69 bits per heavy atom. The van der Waals surface area contributed by atoms with Gasteiger partial charge in [0.1, 0.15) is 6.54 Å². The fourth-order valence-electron chi connectivity index (χ4n) is 2.99. The summed E-state index contributed by atoms with van der Waals surface area (Å²) in [5, 5.41) is 11.9. The molecule has 0 bridgehead atoms. The minimum atomic E-state index is -4.27. The van der Waals surface area contributed by atoms with Crippen LogP contribution in [-0.4, -0.2) is 50.3 Å². The summed E-state index contributed by atoms with van der Waals surface area (Å²) in [6.07, 6.45) is -3.38. The van der Waals surface area contributed by atoms with Crippen LogP contribution in [0.1, 0.15) is 29.8 Å². The molecular formula is C17H20F3N5O. The van der Waals surface area contributed by atoms with E-state index in [9.17, 15) is 18.0 Å². The molecule has 9 heteroatoms. The van der Waals surface area contributed by atoms with Crippen LogP contribution < -0.4 is 0 Å². The zero-order valence-electron chi connectivity index (χ0n) is 14.4. The summed E-state index contributed by atoms with van der Waals surface area (Å²) in [7, 11) is 0. The normalized spacial score (nSPS) is 18.2. The van der Waals surface area contributed by atoms with Gasteiger partial charge in [-0.15, -0.1) is 10.2 Å². The van der Waals surface area contributed by atoms with E-state index in [1.807, 2.05) is 31.2 Å². The van der Waals surface area contributed by atoms with Crippen molar-refractivity contribution >= 4 is 5.91 Å². The third-order valence-electron chi connectivity index (χ3n) is 4.49. The molecule has 26 heavy (non-hydrogen) atoms. The number of rotatable bonds is 4. The standard InChI is InChI=1S/C17H20F3N5O/c1-12-4-6-13(7-5-12)9-15-21-23-25(22-15)11-16(26)24-8-2-3-14(10-24)17(18,19)20/h4-7,14H,2-3,8-11H2,1H3. The van der Waals surface area contributed by atoms with Crippen molar-refractivity contribution in [1.29, 1.82) is 0 Å². The van der Waals surface area contributed by atoms with Crippen LogP contribution in [0.25, 0.3) is 0 Å². The lowest BCUT2D eigenvalue weighted by Crippen LogP contribution is -2.45. The van der Waals surface area contributed by atoms with E-state index in [1.54, 1.807) is 0 Å². The highest BCUT2D eigenvalue weighted by Crippen LogP contribution is 2.33. The summed E-state index contributed by atoms with van der Waals surface area (Å²) in [4.78, 5) is 14.7. The lowest BCUT2D eigenvalue weighted by Gasteiger charge is -2.33. The van der Waals surface area contributed by atoms with E-state index in [1.165, 1.54) is 4.90 Å². The Balaban J connectivity index is 1.58. The van der Waals surface area contributed by atoms with Crippen LogP contribution in [0, 0.1) is 12.8 Å². The summed E-state index contributed by atoms with van der Waals surface area (Å²) in [6, 6.07) is 7.89. The summed E-state index contributed by atoms with van der Waals surface area (Å²) >= 11 is 0. The molecule has 140 valence electrons. The third kappa shape index (κ3) is 4.59. The molecule has 0 saturated carbocycles. The van der Waals surface area contributed by atoms with Gasteiger partial charge in [-0.1, -0.05) is 29.8 Å². The maximum atomic E-state index is 12.9. The van der Waals surface area contributed by atoms with Crippen LogP contribution in [0.4, 0.5) is 13.2 Å². The Kier molecular flexibility index (Phi) is 5.24. The first kappa shape index (κ1) is 18.3. The highest BCUT2D eigenvalue weighted by molar-refractivity contribution is 5.75. The molecule has 1 aromatic carbocycles. The molecule has 6 nitrogen and oxygen atoms in total. The van der Waals surface area contributed by atoms with Gasteiger partial charge >= 0.3 is 6.18 Å². The quantitative estimate of drug-likeness (QED) is 0.832.